The van der Waals surface area contributed by atoms with Crippen LogP contribution in [0.1, 0.15) is 11.1 Å². The second kappa shape index (κ2) is 12.6. The van der Waals surface area contributed by atoms with Gasteiger partial charge in [0.2, 0.25) is 0 Å². The summed E-state index contributed by atoms with van der Waals surface area (Å²) >= 11 is 0. The smallest absolute Gasteiger partial charge is 0.329 e. The molecule has 3 amide bonds. The maximum atomic E-state index is 12.2. The van der Waals surface area contributed by atoms with Crippen molar-refractivity contribution in [2.45, 2.75) is 6.92 Å². The molecule has 3 aromatic carbocycles. The van der Waals surface area contributed by atoms with Crippen molar-refractivity contribution in [1.82, 2.24) is 5.43 Å². The van der Waals surface area contributed by atoms with Crippen molar-refractivity contribution in [3.05, 3.63) is 77.9 Å². The minimum absolute atomic E-state index is 0.211. The Bertz CT molecular complexity index is 1260. The van der Waals surface area contributed by atoms with Gasteiger partial charge in [-0.05, 0) is 66.6 Å². The van der Waals surface area contributed by atoms with Crippen LogP contribution in [0.4, 0.5) is 11.4 Å². The Labute approximate surface area is 208 Å². The van der Waals surface area contributed by atoms with E-state index in [4.69, 9.17) is 14.2 Å². The molecule has 0 fully saturated rings. The Morgan fingerprint density at radius 2 is 1.61 bits per heavy atom. The molecule has 0 spiro atoms. The lowest BCUT2D eigenvalue weighted by molar-refractivity contribution is -0.136. The number of para-hydroxylation sites is 1. The highest BCUT2D eigenvalue weighted by Gasteiger charge is 2.13. The van der Waals surface area contributed by atoms with Gasteiger partial charge in [-0.3, -0.25) is 14.4 Å². The molecule has 10 nitrogen and oxygen atoms in total. The molecule has 3 N–H and O–H groups in total. The zero-order valence-electron chi connectivity index (χ0n) is 20.0. The van der Waals surface area contributed by atoms with Gasteiger partial charge in [0.15, 0.2) is 18.1 Å². The molecule has 0 heterocycles. The number of carbonyl (C=O) groups excluding carboxylic acids is 3. The van der Waals surface area contributed by atoms with Crippen LogP contribution in [0, 0.1) is 6.92 Å². The maximum Gasteiger partial charge on any atom is 0.329 e. The highest BCUT2D eigenvalue weighted by Crippen LogP contribution is 2.27. The summed E-state index contributed by atoms with van der Waals surface area (Å²) in [5.74, 6) is -0.771. The zero-order chi connectivity index (χ0) is 25.9. The van der Waals surface area contributed by atoms with Gasteiger partial charge in [-0.2, -0.15) is 5.10 Å². The van der Waals surface area contributed by atoms with Crippen LogP contribution in [0.3, 0.4) is 0 Å². The van der Waals surface area contributed by atoms with Gasteiger partial charge in [-0.1, -0.05) is 18.2 Å². The van der Waals surface area contributed by atoms with Gasteiger partial charge in [-0.25, -0.2) is 5.43 Å². The lowest BCUT2D eigenvalue weighted by Gasteiger charge is -2.12. The Balaban J connectivity index is 1.52. The van der Waals surface area contributed by atoms with Gasteiger partial charge < -0.3 is 24.8 Å². The van der Waals surface area contributed by atoms with Crippen molar-refractivity contribution in [1.29, 1.82) is 0 Å². The van der Waals surface area contributed by atoms with Crippen molar-refractivity contribution in [3.8, 4) is 17.2 Å². The van der Waals surface area contributed by atoms with Crippen LogP contribution in [0.2, 0.25) is 0 Å². The van der Waals surface area contributed by atoms with E-state index >= 15 is 0 Å². The molecule has 0 radical (unpaired) electrons. The van der Waals surface area contributed by atoms with E-state index in [-0.39, 0.29) is 12.5 Å². The quantitative estimate of drug-likeness (QED) is 0.240. The van der Waals surface area contributed by atoms with Crippen molar-refractivity contribution >= 4 is 35.3 Å². The van der Waals surface area contributed by atoms with Gasteiger partial charge in [-0.15, -0.1) is 0 Å². The van der Waals surface area contributed by atoms with E-state index in [0.29, 0.717) is 34.2 Å². The molecule has 186 valence electrons. The van der Waals surface area contributed by atoms with Gasteiger partial charge >= 0.3 is 11.8 Å². The third-order valence-corrected chi connectivity index (χ3v) is 4.90. The number of hydrogen-bond acceptors (Lipinski definition) is 7. The lowest BCUT2D eigenvalue weighted by Crippen LogP contribution is -2.32. The Morgan fingerprint density at radius 1 is 0.861 bits per heavy atom. The van der Waals surface area contributed by atoms with Crippen LogP contribution >= 0.6 is 0 Å². The van der Waals surface area contributed by atoms with Crippen molar-refractivity contribution in [2.75, 3.05) is 31.5 Å². The number of hydrogen-bond donors (Lipinski definition) is 3. The lowest BCUT2D eigenvalue weighted by atomic mass is 10.2. The summed E-state index contributed by atoms with van der Waals surface area (Å²) in [5.41, 5.74) is 4.82. The average molecular weight is 491 g/mol. The zero-order valence-corrected chi connectivity index (χ0v) is 20.0. The van der Waals surface area contributed by atoms with Gasteiger partial charge in [0.1, 0.15) is 5.75 Å². The third-order valence-electron chi connectivity index (χ3n) is 4.90. The van der Waals surface area contributed by atoms with E-state index < -0.39 is 11.8 Å². The summed E-state index contributed by atoms with van der Waals surface area (Å²) in [6.45, 7) is 1.69. The molecule has 0 atom stereocenters. The monoisotopic (exact) mass is 490 g/mol. The van der Waals surface area contributed by atoms with Gasteiger partial charge in [0, 0.05) is 11.4 Å². The number of amides is 3. The molecule has 0 aromatic heterocycles. The molecule has 3 rings (SSSR count). The summed E-state index contributed by atoms with van der Waals surface area (Å²) < 4.78 is 16.0. The first-order chi connectivity index (χ1) is 17.4. The largest absolute Gasteiger partial charge is 0.497 e. The molecular formula is C26H26N4O6. The SMILES string of the molecule is COc1ccc(NC(=O)C(=O)N/N=C\c2ccc(OCC(=O)Nc3ccccc3C)c(OC)c2)cc1. The predicted octanol–water partition coefficient (Wildman–Crippen LogP) is 3.12. The van der Waals surface area contributed by atoms with E-state index in [1.54, 1.807) is 42.5 Å². The predicted molar refractivity (Wildman–Crippen MR) is 136 cm³/mol. The van der Waals surface area contributed by atoms with Crippen molar-refractivity contribution in [3.63, 3.8) is 0 Å². The third kappa shape index (κ3) is 7.32. The van der Waals surface area contributed by atoms with Gasteiger partial charge in [0.05, 0.1) is 20.4 Å². The van der Waals surface area contributed by atoms with Crippen LogP contribution in [0.15, 0.2) is 71.8 Å². The van der Waals surface area contributed by atoms with Crippen molar-refractivity contribution in [2.24, 2.45) is 5.10 Å². The fourth-order valence-corrected chi connectivity index (χ4v) is 3.00. The molecule has 3 aromatic rings. The fourth-order valence-electron chi connectivity index (χ4n) is 3.00. The Morgan fingerprint density at radius 3 is 2.31 bits per heavy atom. The van der Waals surface area contributed by atoms with E-state index in [1.165, 1.54) is 20.4 Å². The highest BCUT2D eigenvalue weighted by molar-refractivity contribution is 6.39. The second-order valence-corrected chi connectivity index (χ2v) is 7.44. The van der Waals surface area contributed by atoms with Crippen LogP contribution in [-0.2, 0) is 14.4 Å². The number of aryl methyl sites for hydroxylation is 1. The summed E-state index contributed by atoms with van der Waals surface area (Å²) in [5, 5.41) is 9.05. The number of nitrogens with zero attached hydrogens (tertiary/aromatic N) is 1. The number of anilines is 2. The Kier molecular flexibility index (Phi) is 8.99. The first-order valence-electron chi connectivity index (χ1n) is 10.8. The number of nitrogens with one attached hydrogen (secondary N) is 3. The molecule has 0 aliphatic carbocycles. The maximum absolute atomic E-state index is 12.2. The molecule has 0 bridgehead atoms. The number of ether oxygens (including phenoxy) is 3. The molecule has 0 aliphatic rings. The van der Waals surface area contributed by atoms with E-state index in [0.717, 1.165) is 5.56 Å². The molecule has 0 aliphatic heterocycles. The van der Waals surface area contributed by atoms with Crippen molar-refractivity contribution < 1.29 is 28.6 Å². The molecule has 0 unspecified atom stereocenters. The molecular weight excluding hydrogens is 464 g/mol. The highest BCUT2D eigenvalue weighted by atomic mass is 16.5. The number of methoxy groups -OCH3 is 2. The molecule has 0 saturated heterocycles. The summed E-state index contributed by atoms with van der Waals surface area (Å²) in [6, 6.07) is 18.8. The summed E-state index contributed by atoms with van der Waals surface area (Å²) in [7, 11) is 2.99. The van der Waals surface area contributed by atoms with Crippen LogP contribution in [-0.4, -0.2) is 44.8 Å². The molecule has 36 heavy (non-hydrogen) atoms. The van der Waals surface area contributed by atoms with E-state index in [9.17, 15) is 14.4 Å². The normalized spacial score (nSPS) is 10.4. The fraction of sp³-hybridized carbons (Fsp3) is 0.154. The van der Waals surface area contributed by atoms with E-state index in [1.807, 2.05) is 31.2 Å². The standard InChI is InChI=1S/C26H26N4O6/c1-17-6-4-5-7-21(17)29-24(31)16-36-22-13-8-18(14-23(22)35-3)15-27-30-26(33)25(32)28-19-9-11-20(34-2)12-10-19/h4-15H,16H2,1-3H3,(H,28,32)(H,29,31)(H,30,33)/b27-15-. The summed E-state index contributed by atoms with van der Waals surface area (Å²) in [6.07, 6.45) is 1.34. The van der Waals surface area contributed by atoms with Gasteiger partial charge in [0.25, 0.3) is 5.91 Å². The number of hydrazone groups is 1. The number of benzene rings is 3. The minimum atomic E-state index is -0.936. The first-order valence-corrected chi connectivity index (χ1v) is 10.8. The number of carbonyl (C=O) groups is 3. The minimum Gasteiger partial charge on any atom is -0.497 e. The van der Waals surface area contributed by atoms with Crippen LogP contribution in [0.5, 0.6) is 17.2 Å². The summed E-state index contributed by atoms with van der Waals surface area (Å²) in [4.78, 5) is 36.2. The second-order valence-electron chi connectivity index (χ2n) is 7.44. The van der Waals surface area contributed by atoms with Crippen LogP contribution < -0.4 is 30.3 Å². The number of rotatable bonds is 9. The molecule has 0 saturated carbocycles. The van der Waals surface area contributed by atoms with E-state index in [2.05, 4.69) is 21.2 Å². The average Bonchev–Trinajstić information content (AvgIpc) is 2.89. The Hall–Kier alpha value is -4.86. The van der Waals surface area contributed by atoms with Crippen LogP contribution in [0.25, 0.3) is 0 Å². The molecule has 10 heteroatoms. The topological polar surface area (TPSA) is 127 Å². The first kappa shape index (κ1) is 25.8.